The molecule has 8 rings (SSSR count). The summed E-state index contributed by atoms with van der Waals surface area (Å²) in [6.07, 6.45) is 5.64. The monoisotopic (exact) mass is 526 g/mol. The highest BCUT2D eigenvalue weighted by atomic mass is 16.3. The van der Waals surface area contributed by atoms with Crippen molar-refractivity contribution in [1.29, 1.82) is 5.26 Å². The molecule has 41 heavy (non-hydrogen) atoms. The van der Waals surface area contributed by atoms with Gasteiger partial charge in [0.2, 0.25) is 0 Å². The Hall–Kier alpha value is -5.33. The van der Waals surface area contributed by atoms with Crippen LogP contribution in [0.4, 0.5) is 0 Å². The normalized spacial score (nSPS) is 14.5. The molecule has 3 heteroatoms. The molecule has 2 aromatic heterocycles. The highest BCUT2D eigenvalue weighted by Gasteiger charge is 2.24. The summed E-state index contributed by atoms with van der Waals surface area (Å²) in [5.41, 5.74) is 11.9. The summed E-state index contributed by atoms with van der Waals surface area (Å²) in [5, 5.41) is 12.8. The Labute approximate surface area is 238 Å². The molecule has 0 radical (unpaired) electrons. The zero-order valence-corrected chi connectivity index (χ0v) is 22.6. The summed E-state index contributed by atoms with van der Waals surface area (Å²) in [6.45, 7) is 2.33. The second kappa shape index (κ2) is 9.11. The first-order valence-corrected chi connectivity index (χ1v) is 14.1. The van der Waals surface area contributed by atoms with Crippen LogP contribution in [0.25, 0.3) is 66.9 Å². The number of furan rings is 1. The van der Waals surface area contributed by atoms with E-state index in [1.165, 1.54) is 33.4 Å². The summed E-state index contributed by atoms with van der Waals surface area (Å²) in [5.74, 6) is 0.425. The Balaban J connectivity index is 1.33. The molecule has 194 valence electrons. The number of fused-ring (bicyclic) bond motifs is 6. The lowest BCUT2D eigenvalue weighted by atomic mass is 9.93. The molecule has 0 amide bonds. The SMILES string of the molecule is CC1CC=Cc2c1n(-c1ccccc1-c1ccc3oc4ccc(-c5cccc(C#N)c5)cc4c3c1)c1ccccc21. The van der Waals surface area contributed by atoms with Crippen molar-refractivity contribution in [2.45, 2.75) is 19.3 Å². The van der Waals surface area contributed by atoms with Gasteiger partial charge in [-0.15, -0.1) is 0 Å². The van der Waals surface area contributed by atoms with Crippen molar-refractivity contribution in [3.8, 4) is 34.0 Å². The molecule has 0 saturated heterocycles. The average molecular weight is 527 g/mol. The maximum Gasteiger partial charge on any atom is 0.135 e. The molecular formula is C38H26N2O. The Kier molecular flexibility index (Phi) is 5.23. The maximum absolute atomic E-state index is 9.39. The largest absolute Gasteiger partial charge is 0.456 e. The minimum absolute atomic E-state index is 0.425. The Morgan fingerprint density at radius 1 is 0.732 bits per heavy atom. The molecular weight excluding hydrogens is 500 g/mol. The molecule has 0 bridgehead atoms. The third-order valence-corrected chi connectivity index (χ3v) is 8.44. The molecule has 0 fully saturated rings. The van der Waals surface area contributed by atoms with Gasteiger partial charge in [0, 0.05) is 38.9 Å². The summed E-state index contributed by atoms with van der Waals surface area (Å²) in [4.78, 5) is 0. The number of hydrogen-bond donors (Lipinski definition) is 0. The van der Waals surface area contributed by atoms with E-state index in [-0.39, 0.29) is 0 Å². The first kappa shape index (κ1) is 23.5. The van der Waals surface area contributed by atoms with Gasteiger partial charge in [0.05, 0.1) is 22.8 Å². The van der Waals surface area contributed by atoms with Crippen LogP contribution < -0.4 is 0 Å². The van der Waals surface area contributed by atoms with Crippen LogP contribution in [0.1, 0.15) is 36.1 Å². The van der Waals surface area contributed by atoms with E-state index in [2.05, 4.69) is 109 Å². The molecule has 1 unspecified atom stereocenters. The van der Waals surface area contributed by atoms with E-state index < -0.39 is 0 Å². The zero-order valence-electron chi connectivity index (χ0n) is 22.6. The standard InChI is InChI=1S/C38H26N2O/c1-24-8-6-13-31-30-12-3-5-15-35(30)40(38(24)31)34-14-4-2-11-29(34)28-17-19-37-33(22-28)32-21-27(16-18-36(32)41-37)26-10-7-9-25(20-26)23-39/h2-7,9-22,24H,8H2,1H3. The fourth-order valence-electron chi connectivity index (χ4n) is 6.51. The molecule has 1 aliphatic carbocycles. The van der Waals surface area contributed by atoms with Gasteiger partial charge in [0.1, 0.15) is 11.2 Å². The Morgan fingerprint density at radius 2 is 1.46 bits per heavy atom. The van der Waals surface area contributed by atoms with Crippen molar-refractivity contribution in [3.05, 3.63) is 132 Å². The quantitative estimate of drug-likeness (QED) is 0.230. The summed E-state index contributed by atoms with van der Waals surface area (Å²) >= 11 is 0. The van der Waals surface area contributed by atoms with Gasteiger partial charge in [-0.3, -0.25) is 0 Å². The van der Waals surface area contributed by atoms with E-state index in [9.17, 15) is 5.26 Å². The number of hydrogen-bond acceptors (Lipinski definition) is 2. The fraction of sp³-hybridized carbons (Fsp3) is 0.0789. The van der Waals surface area contributed by atoms with Gasteiger partial charge in [0.15, 0.2) is 0 Å². The number of aromatic nitrogens is 1. The Bertz CT molecular complexity index is 2220. The Morgan fingerprint density at radius 3 is 2.32 bits per heavy atom. The summed E-state index contributed by atoms with van der Waals surface area (Å²) in [6, 6.07) is 40.3. The van der Waals surface area contributed by atoms with E-state index in [1.54, 1.807) is 0 Å². The van der Waals surface area contributed by atoms with E-state index in [4.69, 9.17) is 4.42 Å². The molecule has 3 nitrogen and oxygen atoms in total. The third-order valence-electron chi connectivity index (χ3n) is 8.44. The van der Waals surface area contributed by atoms with Crippen LogP contribution in [0, 0.1) is 11.3 Å². The maximum atomic E-state index is 9.39. The minimum atomic E-state index is 0.425. The van der Waals surface area contributed by atoms with Crippen molar-refractivity contribution in [3.63, 3.8) is 0 Å². The fourth-order valence-corrected chi connectivity index (χ4v) is 6.51. The van der Waals surface area contributed by atoms with Gasteiger partial charge in [-0.1, -0.05) is 79.7 Å². The second-order valence-corrected chi connectivity index (χ2v) is 10.9. The van der Waals surface area contributed by atoms with Gasteiger partial charge in [0.25, 0.3) is 0 Å². The van der Waals surface area contributed by atoms with E-state index in [0.29, 0.717) is 11.5 Å². The predicted molar refractivity (Wildman–Crippen MR) is 168 cm³/mol. The van der Waals surface area contributed by atoms with Crippen molar-refractivity contribution in [2.75, 3.05) is 0 Å². The number of nitriles is 1. The van der Waals surface area contributed by atoms with Crippen LogP contribution in [-0.4, -0.2) is 4.57 Å². The van der Waals surface area contributed by atoms with Gasteiger partial charge in [-0.2, -0.15) is 5.26 Å². The molecule has 1 atom stereocenters. The molecule has 0 spiro atoms. The highest BCUT2D eigenvalue weighted by molar-refractivity contribution is 6.08. The lowest BCUT2D eigenvalue weighted by molar-refractivity contribution is 0.669. The molecule has 0 N–H and O–H groups in total. The van der Waals surface area contributed by atoms with Gasteiger partial charge in [-0.05, 0) is 71.6 Å². The minimum Gasteiger partial charge on any atom is -0.456 e. The van der Waals surface area contributed by atoms with Crippen LogP contribution in [0.3, 0.4) is 0 Å². The summed E-state index contributed by atoms with van der Waals surface area (Å²) < 4.78 is 8.74. The first-order chi connectivity index (χ1) is 20.2. The number of allylic oxidation sites excluding steroid dienone is 1. The smallest absolute Gasteiger partial charge is 0.135 e. The number of nitrogens with zero attached hydrogens (tertiary/aromatic N) is 2. The van der Waals surface area contributed by atoms with Crippen molar-refractivity contribution in [2.24, 2.45) is 0 Å². The number of para-hydroxylation sites is 2. The second-order valence-electron chi connectivity index (χ2n) is 10.9. The van der Waals surface area contributed by atoms with Crippen molar-refractivity contribution < 1.29 is 4.42 Å². The molecule has 5 aromatic carbocycles. The third kappa shape index (κ3) is 3.65. The van der Waals surface area contributed by atoms with E-state index >= 15 is 0 Å². The molecule has 1 aliphatic rings. The van der Waals surface area contributed by atoms with Crippen LogP contribution in [-0.2, 0) is 0 Å². The molecule has 7 aromatic rings. The molecule has 0 aliphatic heterocycles. The van der Waals surface area contributed by atoms with Crippen LogP contribution in [0.15, 0.2) is 120 Å². The van der Waals surface area contributed by atoms with Crippen LogP contribution >= 0.6 is 0 Å². The molecule has 0 saturated carbocycles. The van der Waals surface area contributed by atoms with Crippen LogP contribution in [0.5, 0.6) is 0 Å². The number of rotatable bonds is 3. The van der Waals surface area contributed by atoms with Crippen LogP contribution in [0.2, 0.25) is 0 Å². The lowest BCUT2D eigenvalue weighted by Gasteiger charge is -2.21. The van der Waals surface area contributed by atoms with Gasteiger partial charge < -0.3 is 8.98 Å². The lowest BCUT2D eigenvalue weighted by Crippen LogP contribution is -2.08. The van der Waals surface area contributed by atoms with E-state index in [1.807, 2.05) is 30.3 Å². The van der Waals surface area contributed by atoms with Gasteiger partial charge >= 0.3 is 0 Å². The van der Waals surface area contributed by atoms with Crippen molar-refractivity contribution >= 4 is 38.9 Å². The molecule has 2 heterocycles. The van der Waals surface area contributed by atoms with E-state index in [0.717, 1.165) is 45.0 Å². The summed E-state index contributed by atoms with van der Waals surface area (Å²) in [7, 11) is 0. The van der Waals surface area contributed by atoms with Gasteiger partial charge in [-0.25, -0.2) is 0 Å². The highest BCUT2D eigenvalue weighted by Crippen LogP contribution is 2.42. The van der Waals surface area contributed by atoms with Crippen molar-refractivity contribution in [1.82, 2.24) is 4.57 Å². The zero-order chi connectivity index (χ0) is 27.5. The topological polar surface area (TPSA) is 41.9 Å². The predicted octanol–water partition coefficient (Wildman–Crippen LogP) is 10.3. The number of benzene rings is 5. The average Bonchev–Trinajstić information content (AvgIpc) is 3.57. The first-order valence-electron chi connectivity index (χ1n) is 14.1.